The molecule has 14 nitrogen and oxygen atoms in total. The summed E-state index contributed by atoms with van der Waals surface area (Å²) in [6, 6.07) is 7.52. The number of allylic oxidation sites excluding steroid dienone is 3. The number of aliphatic hydroxyl groups excluding tert-OH is 3. The number of hydrogen-bond donors (Lipinski definition) is 8. The van der Waals surface area contributed by atoms with E-state index in [-0.39, 0.29) is 0 Å². The third-order valence-electron chi connectivity index (χ3n) is 7.03. The summed E-state index contributed by atoms with van der Waals surface area (Å²) in [5.74, 6) is -10.0. The number of aliphatic hydroxyl groups is 3. The van der Waals surface area contributed by atoms with Crippen LogP contribution in [0, 0.1) is 11.8 Å². The molecule has 0 spiro atoms. The summed E-state index contributed by atoms with van der Waals surface area (Å²) < 4.78 is 0. The minimum Gasteiger partial charge on any atom is -0.507 e. The molecular weight excluding hydrogens is 572 g/mol. The van der Waals surface area contributed by atoms with Crippen LogP contribution in [0.1, 0.15) is 44.7 Å². The lowest BCUT2D eigenvalue weighted by Gasteiger charge is -2.29. The fourth-order valence-corrected chi connectivity index (χ4v) is 4.63. The smallest absolute Gasteiger partial charge is 0.339 e. The molecule has 0 bridgehead atoms. The number of aliphatic carboxylic acids is 1. The molecule has 4 rings (SSSR count). The standard InChI is InChI=1S/C22H16O9.C7H10O5/c23-16-4-1-10(7-13(16)20(26)27)19(11-2-5-17(24)14(8-11)21(28)29)12-3-6-18(25)15(9-12)22(30)31;1-2-3(8)5(10)7(12)6(11)4(2)9/h1-10,19,24-25H,(H,26,27)(H,28,29)(H,30,31);2-3,6-8,11-12H,1H3. The zero-order valence-corrected chi connectivity index (χ0v) is 22.2. The molecule has 0 aromatic heterocycles. The molecule has 2 aliphatic carbocycles. The van der Waals surface area contributed by atoms with Gasteiger partial charge >= 0.3 is 17.9 Å². The second kappa shape index (κ2) is 12.8. The quantitative estimate of drug-likeness (QED) is 0.207. The zero-order chi connectivity index (χ0) is 32.3. The molecule has 2 aromatic rings. The van der Waals surface area contributed by atoms with Gasteiger partial charge in [-0.2, -0.15) is 0 Å². The Hall–Kier alpha value is -5.18. The summed E-state index contributed by atoms with van der Waals surface area (Å²) in [6.45, 7) is 1.33. The number of Topliss-reactive ketones (excluding diaryl/α,β-unsaturated/α-hetero) is 2. The van der Waals surface area contributed by atoms with Crippen LogP contribution in [0.3, 0.4) is 0 Å². The Labute approximate surface area is 242 Å². The van der Waals surface area contributed by atoms with Crippen LogP contribution in [0.15, 0.2) is 60.2 Å². The number of carboxylic acids is 3. The molecule has 0 amide bonds. The van der Waals surface area contributed by atoms with E-state index in [0.29, 0.717) is 11.1 Å². The number of carbonyl (C=O) groups excluding carboxylic acids is 3. The van der Waals surface area contributed by atoms with E-state index in [2.05, 4.69) is 0 Å². The van der Waals surface area contributed by atoms with Gasteiger partial charge in [0.1, 0.15) is 46.5 Å². The van der Waals surface area contributed by atoms with Crippen LogP contribution >= 0.6 is 0 Å². The Balaban J connectivity index is 0.000000353. The molecule has 2 aliphatic rings. The molecule has 1 saturated carbocycles. The van der Waals surface area contributed by atoms with Gasteiger partial charge in [-0.05, 0) is 41.5 Å². The monoisotopic (exact) mass is 598 g/mol. The number of rotatable bonds is 6. The van der Waals surface area contributed by atoms with Gasteiger partial charge in [-0.15, -0.1) is 0 Å². The molecule has 0 saturated heterocycles. The summed E-state index contributed by atoms with van der Waals surface area (Å²) in [5.41, 5.74) is -0.646. The Bertz CT molecular complexity index is 1460. The van der Waals surface area contributed by atoms with Gasteiger partial charge < -0.3 is 40.9 Å². The molecule has 43 heavy (non-hydrogen) atoms. The predicted octanol–water partition coefficient (Wildman–Crippen LogP) is 0.249. The van der Waals surface area contributed by atoms with Gasteiger partial charge in [-0.25, -0.2) is 14.4 Å². The largest absolute Gasteiger partial charge is 0.507 e. The average molecular weight is 599 g/mol. The van der Waals surface area contributed by atoms with E-state index >= 15 is 0 Å². The Kier molecular flexibility index (Phi) is 9.60. The first kappa shape index (κ1) is 32.3. The van der Waals surface area contributed by atoms with Gasteiger partial charge in [-0.3, -0.25) is 14.4 Å². The normalized spacial score (nSPS) is 23.3. The maximum atomic E-state index is 11.9. The van der Waals surface area contributed by atoms with E-state index < -0.39 is 99.5 Å². The van der Waals surface area contributed by atoms with Gasteiger partial charge in [0, 0.05) is 11.8 Å². The zero-order valence-electron chi connectivity index (χ0n) is 22.2. The van der Waals surface area contributed by atoms with Gasteiger partial charge in [0.15, 0.2) is 17.3 Å². The van der Waals surface area contributed by atoms with Crippen molar-refractivity contribution < 1.29 is 69.6 Å². The number of ketones is 3. The summed E-state index contributed by atoms with van der Waals surface area (Å²) >= 11 is 0. The third-order valence-corrected chi connectivity index (χ3v) is 7.03. The van der Waals surface area contributed by atoms with Crippen LogP contribution in [-0.2, 0) is 19.2 Å². The Morgan fingerprint density at radius 3 is 1.60 bits per heavy atom. The second-order valence-corrected chi connectivity index (χ2v) is 9.76. The highest BCUT2D eigenvalue weighted by Crippen LogP contribution is 2.39. The van der Waals surface area contributed by atoms with E-state index in [1.54, 1.807) is 0 Å². The molecule has 0 radical (unpaired) electrons. The van der Waals surface area contributed by atoms with Crippen molar-refractivity contribution in [1.82, 2.24) is 0 Å². The van der Waals surface area contributed by atoms with Crippen molar-refractivity contribution in [2.45, 2.75) is 31.2 Å². The van der Waals surface area contributed by atoms with Crippen LogP contribution < -0.4 is 0 Å². The van der Waals surface area contributed by atoms with Crippen LogP contribution in [0.25, 0.3) is 0 Å². The Morgan fingerprint density at radius 1 is 0.698 bits per heavy atom. The van der Waals surface area contributed by atoms with Gasteiger partial charge in [0.05, 0.1) is 5.92 Å². The van der Waals surface area contributed by atoms with Crippen molar-refractivity contribution >= 4 is 35.3 Å². The SMILES string of the molecule is CC1C(=O)C(O)C(O)C(=O)C1O.O=C(O)C1=CC(C(c2ccc(O)c(C(=O)O)c2)c2ccc(O)c(C(=O)O)c2)C=CC1=O. The van der Waals surface area contributed by atoms with Gasteiger partial charge in [0.25, 0.3) is 0 Å². The summed E-state index contributed by atoms with van der Waals surface area (Å²) in [4.78, 5) is 68.1. The molecular formula is C29H26O14. The summed E-state index contributed by atoms with van der Waals surface area (Å²) in [6.07, 6.45) is -1.23. The first-order valence-corrected chi connectivity index (χ1v) is 12.5. The highest BCUT2D eigenvalue weighted by atomic mass is 16.4. The van der Waals surface area contributed by atoms with E-state index in [0.717, 1.165) is 18.2 Å². The Morgan fingerprint density at radius 2 is 1.16 bits per heavy atom. The van der Waals surface area contributed by atoms with Gasteiger partial charge in [-0.1, -0.05) is 31.2 Å². The molecule has 1 fully saturated rings. The molecule has 8 N–H and O–H groups in total. The minimum absolute atomic E-state index is 0.321. The van der Waals surface area contributed by atoms with Gasteiger partial charge in [0.2, 0.25) is 0 Å². The van der Waals surface area contributed by atoms with Crippen molar-refractivity contribution in [2.24, 2.45) is 11.8 Å². The number of carboxylic acid groups (broad SMARTS) is 3. The van der Waals surface area contributed by atoms with E-state index in [9.17, 15) is 54.3 Å². The molecule has 14 heteroatoms. The molecule has 5 atom stereocenters. The number of benzene rings is 2. The molecule has 0 heterocycles. The van der Waals surface area contributed by atoms with Crippen LogP contribution in [-0.4, -0.2) is 94.4 Å². The molecule has 5 unspecified atom stereocenters. The lowest BCUT2D eigenvalue weighted by Crippen LogP contribution is -2.55. The lowest BCUT2D eigenvalue weighted by atomic mass is 9.77. The maximum absolute atomic E-state index is 11.9. The van der Waals surface area contributed by atoms with Crippen molar-refractivity contribution in [1.29, 1.82) is 0 Å². The highest BCUT2D eigenvalue weighted by molar-refractivity contribution is 6.21. The lowest BCUT2D eigenvalue weighted by molar-refractivity contribution is -0.163. The minimum atomic E-state index is -1.77. The molecule has 0 aliphatic heterocycles. The van der Waals surface area contributed by atoms with Crippen LogP contribution in [0.5, 0.6) is 11.5 Å². The first-order valence-electron chi connectivity index (χ1n) is 12.5. The number of phenols is 2. The molecule has 226 valence electrons. The number of aromatic carboxylic acids is 2. The number of aromatic hydroxyl groups is 2. The maximum Gasteiger partial charge on any atom is 0.339 e. The number of carbonyl (C=O) groups is 6. The van der Waals surface area contributed by atoms with Crippen molar-refractivity contribution in [3.63, 3.8) is 0 Å². The predicted molar refractivity (Wildman–Crippen MR) is 143 cm³/mol. The van der Waals surface area contributed by atoms with Crippen molar-refractivity contribution in [3.8, 4) is 11.5 Å². The van der Waals surface area contributed by atoms with E-state index in [1.165, 1.54) is 43.3 Å². The fourth-order valence-electron chi connectivity index (χ4n) is 4.63. The third kappa shape index (κ3) is 6.67. The van der Waals surface area contributed by atoms with Crippen molar-refractivity contribution in [2.75, 3.05) is 0 Å². The fraction of sp³-hybridized carbons (Fsp3) is 0.241. The number of hydrogen-bond acceptors (Lipinski definition) is 11. The average Bonchev–Trinajstić information content (AvgIpc) is 2.96. The summed E-state index contributed by atoms with van der Waals surface area (Å²) in [7, 11) is 0. The van der Waals surface area contributed by atoms with Crippen molar-refractivity contribution in [3.05, 3.63) is 82.5 Å². The highest BCUT2D eigenvalue weighted by Gasteiger charge is 2.45. The van der Waals surface area contributed by atoms with E-state index in [1.807, 2.05) is 0 Å². The van der Waals surface area contributed by atoms with Crippen LogP contribution in [0.2, 0.25) is 0 Å². The first-order chi connectivity index (χ1) is 20.1. The summed E-state index contributed by atoms with van der Waals surface area (Å²) in [5, 5.41) is 74.6. The van der Waals surface area contributed by atoms with Crippen LogP contribution in [0.4, 0.5) is 0 Å². The molecule has 2 aromatic carbocycles. The second-order valence-electron chi connectivity index (χ2n) is 9.76. The van der Waals surface area contributed by atoms with E-state index in [4.69, 9.17) is 15.3 Å². The topological polar surface area (TPSA) is 264 Å².